The molecule has 0 radical (unpaired) electrons. The lowest BCUT2D eigenvalue weighted by molar-refractivity contribution is -0.384. The molecule has 2 rings (SSSR count). The highest BCUT2D eigenvalue weighted by Gasteiger charge is 2.26. The normalized spacial score (nSPS) is 10.4. The first-order chi connectivity index (χ1) is 9.93. The molecule has 0 fully saturated rings. The number of carboxylic acids is 1. The van der Waals surface area contributed by atoms with Gasteiger partial charge in [-0.3, -0.25) is 10.1 Å². The fourth-order valence-electron chi connectivity index (χ4n) is 1.62. The molecule has 2 aromatic rings. The summed E-state index contributed by atoms with van der Waals surface area (Å²) in [5, 5.41) is 19.9. The summed E-state index contributed by atoms with van der Waals surface area (Å²) in [5.41, 5.74) is -1.27. The van der Waals surface area contributed by atoms with Gasteiger partial charge >= 0.3 is 11.9 Å². The molecule has 9 heteroatoms. The van der Waals surface area contributed by atoms with Crippen LogP contribution in [0.25, 0.3) is 11.5 Å². The number of carbonyl (C=O) groups is 1. The van der Waals surface area contributed by atoms with Crippen LogP contribution in [0.4, 0.5) is 10.1 Å². The Kier molecular flexibility index (Phi) is 3.83. The van der Waals surface area contributed by atoms with Crippen molar-refractivity contribution in [2.75, 3.05) is 6.61 Å². The van der Waals surface area contributed by atoms with E-state index in [-0.39, 0.29) is 12.2 Å². The summed E-state index contributed by atoms with van der Waals surface area (Å²) in [7, 11) is 0. The summed E-state index contributed by atoms with van der Waals surface area (Å²) in [5.74, 6) is -2.96. The lowest BCUT2D eigenvalue weighted by Crippen LogP contribution is -2.01. The van der Waals surface area contributed by atoms with E-state index < -0.39 is 39.9 Å². The molecule has 0 unspecified atom stereocenters. The van der Waals surface area contributed by atoms with Crippen molar-refractivity contribution in [3.05, 3.63) is 39.8 Å². The number of carboxylic acid groups (broad SMARTS) is 1. The fourth-order valence-corrected chi connectivity index (χ4v) is 1.62. The van der Waals surface area contributed by atoms with E-state index in [9.17, 15) is 19.3 Å². The third kappa shape index (κ3) is 2.81. The molecular weight excluding hydrogens is 287 g/mol. The van der Waals surface area contributed by atoms with Crippen molar-refractivity contribution in [1.29, 1.82) is 0 Å². The molecule has 1 heterocycles. The molecule has 8 nitrogen and oxygen atoms in total. The average molecular weight is 296 g/mol. The topological polar surface area (TPSA) is 116 Å². The predicted molar refractivity (Wildman–Crippen MR) is 66.7 cm³/mol. The monoisotopic (exact) mass is 296 g/mol. The van der Waals surface area contributed by atoms with E-state index in [1.165, 1.54) is 0 Å². The summed E-state index contributed by atoms with van der Waals surface area (Å²) in [6.45, 7) is 1.71. The molecule has 1 aromatic heterocycles. The van der Waals surface area contributed by atoms with E-state index in [2.05, 4.69) is 4.98 Å². The number of rotatable bonds is 5. The summed E-state index contributed by atoms with van der Waals surface area (Å²) in [6, 6.07) is 2.69. The SMILES string of the molecule is CCOc1oc(-c2cc(F)ccc2[N+](=O)[O-])nc1C(=O)O. The maximum atomic E-state index is 13.3. The number of nitro benzene ring substituents is 1. The molecule has 0 saturated heterocycles. The van der Waals surface area contributed by atoms with Crippen molar-refractivity contribution >= 4 is 11.7 Å². The molecule has 21 heavy (non-hydrogen) atoms. The Labute approximate surface area is 116 Å². The molecule has 0 bridgehead atoms. The van der Waals surface area contributed by atoms with Crippen LogP contribution in [-0.4, -0.2) is 27.6 Å². The molecule has 1 N–H and O–H groups in total. The molecule has 0 atom stereocenters. The molecule has 0 spiro atoms. The van der Waals surface area contributed by atoms with Gasteiger partial charge in [-0.15, -0.1) is 0 Å². The molecule has 0 aliphatic heterocycles. The highest BCUT2D eigenvalue weighted by atomic mass is 19.1. The Hall–Kier alpha value is -2.97. The highest BCUT2D eigenvalue weighted by molar-refractivity contribution is 5.88. The van der Waals surface area contributed by atoms with Crippen LogP contribution < -0.4 is 4.74 Å². The molecule has 1 aromatic carbocycles. The molecular formula is C12H9FN2O6. The standard InChI is InChI=1S/C12H9FN2O6/c1-2-20-12-9(11(16)17)14-10(21-12)7-5-6(13)3-4-8(7)15(18)19/h3-5H,2H2,1H3,(H,16,17). The van der Waals surface area contributed by atoms with Crippen molar-refractivity contribution in [2.45, 2.75) is 6.92 Å². The summed E-state index contributed by atoms with van der Waals surface area (Å²) < 4.78 is 23.3. The second kappa shape index (κ2) is 5.57. The number of nitrogens with zero attached hydrogens (tertiary/aromatic N) is 2. The van der Waals surface area contributed by atoms with E-state index in [4.69, 9.17) is 14.3 Å². The van der Waals surface area contributed by atoms with Crippen molar-refractivity contribution in [3.8, 4) is 17.4 Å². The molecule has 0 aliphatic rings. The van der Waals surface area contributed by atoms with Crippen LogP contribution in [0.2, 0.25) is 0 Å². The minimum Gasteiger partial charge on any atom is -0.476 e. The van der Waals surface area contributed by atoms with Gasteiger partial charge in [0, 0.05) is 6.07 Å². The summed E-state index contributed by atoms with van der Waals surface area (Å²) in [6.07, 6.45) is 0. The van der Waals surface area contributed by atoms with Gasteiger partial charge in [-0.1, -0.05) is 0 Å². The van der Waals surface area contributed by atoms with E-state index in [1.807, 2.05) is 0 Å². The van der Waals surface area contributed by atoms with Gasteiger partial charge < -0.3 is 14.3 Å². The third-order valence-corrected chi connectivity index (χ3v) is 2.46. The van der Waals surface area contributed by atoms with Crippen LogP contribution in [0.3, 0.4) is 0 Å². The maximum Gasteiger partial charge on any atom is 0.362 e. The van der Waals surface area contributed by atoms with Gasteiger partial charge in [-0.05, 0) is 19.1 Å². The van der Waals surface area contributed by atoms with Gasteiger partial charge in [0.05, 0.1) is 11.5 Å². The van der Waals surface area contributed by atoms with Crippen molar-refractivity contribution in [1.82, 2.24) is 4.98 Å². The molecule has 0 aliphatic carbocycles. The number of halogens is 1. The summed E-state index contributed by atoms with van der Waals surface area (Å²) in [4.78, 5) is 24.8. The average Bonchev–Trinajstić information content (AvgIpc) is 2.83. The Morgan fingerprint density at radius 1 is 1.57 bits per heavy atom. The zero-order chi connectivity index (χ0) is 15.6. The second-order valence-corrected chi connectivity index (χ2v) is 3.81. The summed E-state index contributed by atoms with van der Waals surface area (Å²) >= 11 is 0. The quantitative estimate of drug-likeness (QED) is 0.665. The minimum atomic E-state index is -1.42. The second-order valence-electron chi connectivity index (χ2n) is 3.81. The number of benzene rings is 1. The van der Waals surface area contributed by atoms with Crippen LogP contribution in [0, 0.1) is 15.9 Å². The Balaban J connectivity index is 2.61. The van der Waals surface area contributed by atoms with E-state index in [0.717, 1.165) is 18.2 Å². The minimum absolute atomic E-state index is 0.111. The zero-order valence-electron chi connectivity index (χ0n) is 10.7. The lowest BCUT2D eigenvalue weighted by Gasteiger charge is -1.99. The Morgan fingerprint density at radius 2 is 2.29 bits per heavy atom. The van der Waals surface area contributed by atoms with Gasteiger partial charge in [0.2, 0.25) is 11.6 Å². The van der Waals surface area contributed by atoms with Crippen LogP contribution >= 0.6 is 0 Å². The largest absolute Gasteiger partial charge is 0.476 e. The van der Waals surface area contributed by atoms with Crippen LogP contribution in [0.1, 0.15) is 17.4 Å². The number of aromatic carboxylic acids is 1. The van der Waals surface area contributed by atoms with Crippen LogP contribution in [-0.2, 0) is 0 Å². The smallest absolute Gasteiger partial charge is 0.362 e. The van der Waals surface area contributed by atoms with Gasteiger partial charge in [0.25, 0.3) is 5.69 Å². The van der Waals surface area contributed by atoms with E-state index >= 15 is 0 Å². The van der Waals surface area contributed by atoms with Crippen molar-refractivity contribution in [3.63, 3.8) is 0 Å². The number of oxazole rings is 1. The zero-order valence-corrected chi connectivity index (χ0v) is 10.7. The number of aromatic nitrogens is 1. The lowest BCUT2D eigenvalue weighted by atomic mass is 10.2. The first-order valence-electron chi connectivity index (χ1n) is 5.75. The molecule has 0 saturated carbocycles. The number of ether oxygens (including phenoxy) is 1. The third-order valence-electron chi connectivity index (χ3n) is 2.46. The van der Waals surface area contributed by atoms with Gasteiger partial charge in [0.15, 0.2) is 0 Å². The van der Waals surface area contributed by atoms with Gasteiger partial charge in [0.1, 0.15) is 11.4 Å². The van der Waals surface area contributed by atoms with Gasteiger partial charge in [-0.25, -0.2) is 9.18 Å². The van der Waals surface area contributed by atoms with Crippen molar-refractivity contribution < 1.29 is 28.4 Å². The first kappa shape index (κ1) is 14.4. The maximum absolute atomic E-state index is 13.3. The predicted octanol–water partition coefficient (Wildman–Crippen LogP) is 2.49. The molecule has 0 amide bonds. The molecule has 110 valence electrons. The Bertz CT molecular complexity index is 712. The highest BCUT2D eigenvalue weighted by Crippen LogP contribution is 2.33. The number of hydrogen-bond acceptors (Lipinski definition) is 6. The van der Waals surface area contributed by atoms with Crippen LogP contribution in [0.5, 0.6) is 5.95 Å². The fraction of sp³-hybridized carbons (Fsp3) is 0.167. The first-order valence-corrected chi connectivity index (χ1v) is 5.75. The van der Waals surface area contributed by atoms with Crippen LogP contribution in [0.15, 0.2) is 22.6 Å². The Morgan fingerprint density at radius 3 is 2.86 bits per heavy atom. The van der Waals surface area contributed by atoms with E-state index in [0.29, 0.717) is 0 Å². The number of hydrogen-bond donors (Lipinski definition) is 1. The number of nitro groups is 1. The van der Waals surface area contributed by atoms with E-state index in [1.54, 1.807) is 6.92 Å². The van der Waals surface area contributed by atoms with Gasteiger partial charge in [-0.2, -0.15) is 4.98 Å². The van der Waals surface area contributed by atoms with Crippen molar-refractivity contribution in [2.24, 2.45) is 0 Å².